The van der Waals surface area contributed by atoms with Crippen molar-refractivity contribution < 1.29 is 13.3 Å². The monoisotopic (exact) mass is 296 g/mol. The van der Waals surface area contributed by atoms with E-state index in [0.717, 1.165) is 6.07 Å². The van der Waals surface area contributed by atoms with Crippen LogP contribution in [0.5, 0.6) is 0 Å². The van der Waals surface area contributed by atoms with Gasteiger partial charge in [-0.2, -0.15) is 5.10 Å². The average Bonchev–Trinajstić information content (AvgIpc) is 2.74. The molecule has 0 spiro atoms. The molecule has 0 unspecified atom stereocenters. The summed E-state index contributed by atoms with van der Waals surface area (Å²) in [4.78, 5) is 10.1. The van der Waals surface area contributed by atoms with E-state index in [2.05, 4.69) is 14.9 Å². The molecular weight excluding hydrogens is 284 g/mol. The van der Waals surface area contributed by atoms with Gasteiger partial charge in [-0.1, -0.05) is 6.07 Å². The Hall–Kier alpha value is -2.42. The van der Waals surface area contributed by atoms with Gasteiger partial charge in [-0.3, -0.25) is 19.9 Å². The second-order valence-corrected chi connectivity index (χ2v) is 5.92. The van der Waals surface area contributed by atoms with Crippen LogP contribution in [0.3, 0.4) is 0 Å². The Kier molecular flexibility index (Phi) is 3.45. The molecule has 0 fully saturated rings. The molecule has 0 aliphatic heterocycles. The quantitative estimate of drug-likeness (QED) is 0.658. The molecule has 0 amide bonds. The summed E-state index contributed by atoms with van der Waals surface area (Å²) in [5.41, 5.74) is 0.774. The first-order valence-corrected chi connectivity index (χ1v) is 7.07. The SMILES string of the molecule is Cc1ccc(S(=O)(=O)Nc2[nH]ncc2C)cc1[N+](=O)[O-]. The first kappa shape index (κ1) is 14.0. The molecule has 2 N–H and O–H groups in total. The zero-order valence-electron chi connectivity index (χ0n) is 10.7. The molecule has 2 aromatic rings. The minimum absolute atomic E-state index is 0.177. The summed E-state index contributed by atoms with van der Waals surface area (Å²) in [7, 11) is -3.90. The minimum atomic E-state index is -3.90. The minimum Gasteiger partial charge on any atom is -0.264 e. The molecule has 2 rings (SSSR count). The van der Waals surface area contributed by atoms with Gasteiger partial charge in [0.15, 0.2) is 0 Å². The van der Waals surface area contributed by atoms with Crippen LogP contribution in [0.1, 0.15) is 11.1 Å². The van der Waals surface area contributed by atoms with Gasteiger partial charge < -0.3 is 0 Å². The zero-order valence-corrected chi connectivity index (χ0v) is 11.6. The molecule has 20 heavy (non-hydrogen) atoms. The van der Waals surface area contributed by atoms with Crippen LogP contribution in [0.25, 0.3) is 0 Å². The molecular formula is C11H12N4O4S. The van der Waals surface area contributed by atoms with Crippen LogP contribution in [0, 0.1) is 24.0 Å². The van der Waals surface area contributed by atoms with Crippen LogP contribution < -0.4 is 4.72 Å². The fourth-order valence-electron chi connectivity index (χ4n) is 1.60. The Morgan fingerprint density at radius 2 is 2.00 bits per heavy atom. The van der Waals surface area contributed by atoms with Crippen LogP contribution in [0.15, 0.2) is 29.3 Å². The fourth-order valence-corrected chi connectivity index (χ4v) is 2.70. The number of aromatic amines is 1. The van der Waals surface area contributed by atoms with E-state index in [0.29, 0.717) is 11.1 Å². The van der Waals surface area contributed by atoms with Gasteiger partial charge in [-0.25, -0.2) is 8.42 Å². The van der Waals surface area contributed by atoms with Crippen LogP contribution >= 0.6 is 0 Å². The number of benzene rings is 1. The van der Waals surface area contributed by atoms with Crippen molar-refractivity contribution in [1.29, 1.82) is 0 Å². The summed E-state index contributed by atoms with van der Waals surface area (Å²) in [5.74, 6) is 0.230. The van der Waals surface area contributed by atoms with Gasteiger partial charge in [0.1, 0.15) is 5.82 Å². The number of hydrogen-bond donors (Lipinski definition) is 2. The van der Waals surface area contributed by atoms with Crippen molar-refractivity contribution in [3.63, 3.8) is 0 Å². The van der Waals surface area contributed by atoms with Gasteiger partial charge >= 0.3 is 0 Å². The maximum atomic E-state index is 12.2. The maximum Gasteiger partial charge on any atom is 0.273 e. The molecule has 0 radical (unpaired) electrons. The molecule has 0 bridgehead atoms. The van der Waals surface area contributed by atoms with Gasteiger partial charge in [0.2, 0.25) is 0 Å². The lowest BCUT2D eigenvalue weighted by atomic mass is 10.2. The summed E-state index contributed by atoms with van der Waals surface area (Å²) in [6.45, 7) is 3.22. The summed E-state index contributed by atoms with van der Waals surface area (Å²) < 4.78 is 26.6. The van der Waals surface area contributed by atoms with E-state index >= 15 is 0 Å². The zero-order chi connectivity index (χ0) is 14.9. The van der Waals surface area contributed by atoms with Gasteiger partial charge in [0.05, 0.1) is 16.0 Å². The topological polar surface area (TPSA) is 118 Å². The fraction of sp³-hybridized carbons (Fsp3) is 0.182. The van der Waals surface area contributed by atoms with Crippen LogP contribution in [0.2, 0.25) is 0 Å². The van der Waals surface area contributed by atoms with Crippen LogP contribution in [-0.2, 0) is 10.0 Å². The molecule has 106 valence electrons. The van der Waals surface area contributed by atoms with E-state index in [1.807, 2.05) is 0 Å². The second kappa shape index (κ2) is 4.93. The smallest absolute Gasteiger partial charge is 0.264 e. The van der Waals surface area contributed by atoms with Crippen LogP contribution in [0.4, 0.5) is 11.5 Å². The highest BCUT2D eigenvalue weighted by Gasteiger charge is 2.20. The lowest BCUT2D eigenvalue weighted by Crippen LogP contribution is -2.14. The average molecular weight is 296 g/mol. The number of aromatic nitrogens is 2. The van der Waals surface area contributed by atoms with E-state index < -0.39 is 14.9 Å². The van der Waals surface area contributed by atoms with Crippen molar-refractivity contribution in [2.45, 2.75) is 18.7 Å². The normalized spacial score (nSPS) is 11.3. The number of H-pyrrole nitrogens is 1. The Bertz CT molecular complexity index is 766. The highest BCUT2D eigenvalue weighted by Crippen LogP contribution is 2.24. The molecule has 1 aromatic heterocycles. The Morgan fingerprint density at radius 1 is 1.30 bits per heavy atom. The predicted molar refractivity (Wildman–Crippen MR) is 72.0 cm³/mol. The number of nitrogens with zero attached hydrogens (tertiary/aromatic N) is 2. The number of nitrogens with one attached hydrogen (secondary N) is 2. The number of rotatable bonds is 4. The predicted octanol–water partition coefficient (Wildman–Crippen LogP) is 1.74. The molecule has 0 aliphatic carbocycles. The number of aryl methyl sites for hydroxylation is 2. The molecule has 0 saturated carbocycles. The van der Waals surface area contributed by atoms with Crippen molar-refractivity contribution in [2.75, 3.05) is 4.72 Å². The third-order valence-corrected chi connectivity index (χ3v) is 4.10. The van der Waals surface area contributed by atoms with Gasteiger partial charge in [-0.05, 0) is 19.9 Å². The number of hydrogen-bond acceptors (Lipinski definition) is 5. The molecule has 0 aliphatic rings. The van der Waals surface area contributed by atoms with Crippen LogP contribution in [-0.4, -0.2) is 23.5 Å². The van der Waals surface area contributed by atoms with E-state index in [4.69, 9.17) is 0 Å². The lowest BCUT2D eigenvalue weighted by Gasteiger charge is -2.07. The third kappa shape index (κ3) is 2.62. The summed E-state index contributed by atoms with van der Waals surface area (Å²) >= 11 is 0. The third-order valence-electron chi connectivity index (χ3n) is 2.75. The number of sulfonamides is 1. The Morgan fingerprint density at radius 3 is 2.55 bits per heavy atom. The highest BCUT2D eigenvalue weighted by molar-refractivity contribution is 7.92. The van der Waals surface area contributed by atoms with Gasteiger partial charge in [0.25, 0.3) is 15.7 Å². The molecule has 1 heterocycles. The largest absolute Gasteiger partial charge is 0.273 e. The first-order chi connectivity index (χ1) is 9.31. The van der Waals surface area contributed by atoms with Gasteiger partial charge in [0, 0.05) is 17.2 Å². The van der Waals surface area contributed by atoms with E-state index in [-0.39, 0.29) is 16.4 Å². The number of nitro benzene ring substituents is 1. The summed E-state index contributed by atoms with van der Waals surface area (Å²) in [5, 5.41) is 17.1. The van der Waals surface area contributed by atoms with Crippen molar-refractivity contribution in [3.8, 4) is 0 Å². The summed E-state index contributed by atoms with van der Waals surface area (Å²) in [6.07, 6.45) is 1.47. The number of anilines is 1. The molecule has 1 aromatic carbocycles. The second-order valence-electron chi connectivity index (χ2n) is 4.24. The first-order valence-electron chi connectivity index (χ1n) is 5.59. The van der Waals surface area contributed by atoms with E-state index in [1.54, 1.807) is 13.8 Å². The molecule has 0 atom stereocenters. The van der Waals surface area contributed by atoms with Crippen molar-refractivity contribution >= 4 is 21.5 Å². The van der Waals surface area contributed by atoms with E-state index in [1.165, 1.54) is 18.3 Å². The Labute approximate surface area is 115 Å². The van der Waals surface area contributed by atoms with Crippen molar-refractivity contribution in [1.82, 2.24) is 10.2 Å². The molecule has 9 heteroatoms. The molecule has 0 saturated heterocycles. The molecule has 8 nitrogen and oxygen atoms in total. The summed E-state index contributed by atoms with van der Waals surface area (Å²) in [6, 6.07) is 3.74. The maximum absolute atomic E-state index is 12.2. The van der Waals surface area contributed by atoms with Crippen molar-refractivity contribution in [2.24, 2.45) is 0 Å². The standard InChI is InChI=1S/C11H12N4O4S/c1-7-3-4-9(5-10(7)15(16)17)20(18,19)14-11-8(2)6-12-13-11/h3-6H,1-2H3,(H2,12,13,14). The highest BCUT2D eigenvalue weighted by atomic mass is 32.2. The van der Waals surface area contributed by atoms with Gasteiger partial charge in [-0.15, -0.1) is 0 Å². The lowest BCUT2D eigenvalue weighted by molar-refractivity contribution is -0.385. The number of nitro groups is 1. The van der Waals surface area contributed by atoms with E-state index in [9.17, 15) is 18.5 Å². The van der Waals surface area contributed by atoms with Crippen molar-refractivity contribution in [3.05, 3.63) is 45.6 Å². The Balaban J connectivity index is 2.42.